The van der Waals surface area contributed by atoms with E-state index in [1.165, 1.54) is 21.8 Å². The normalized spacial score (nSPS) is 23.1. The largest absolute Gasteiger partial charge is 0.489 e. The molecule has 1 aliphatic carbocycles. The number of nitrogens with zero attached hydrogens (tertiary/aromatic N) is 8. The maximum Gasteiger partial charge on any atom is 0.278 e. The number of fused-ring (bicyclic) bond motifs is 4. The molecule has 6 aliphatic rings. The Labute approximate surface area is 385 Å². The number of imide groups is 1. The second kappa shape index (κ2) is 16.9. The van der Waals surface area contributed by atoms with Crippen molar-refractivity contribution in [3.05, 3.63) is 99.9 Å². The SMILES string of the molecule is C=CCn1c(=O)c2cnc(Nc3ccc4c(c3)OC[C@H](CNC3CCN(C5CN(c6cc7c(cc6F)C(=O)N(C6CCC(=O)NC6=O)C7)C5)CC3)N4)nc2n1-c1ccc2c(n1)[C@@](O)(CC)CC2. The topological polar surface area (TPSA) is 204 Å². The lowest BCUT2D eigenvalue weighted by Crippen LogP contribution is -2.62. The summed E-state index contributed by atoms with van der Waals surface area (Å²) < 4.78 is 24.9. The minimum Gasteiger partial charge on any atom is -0.489 e. The maximum absolute atomic E-state index is 15.4. The minimum absolute atomic E-state index is 0.0707. The number of aromatic nitrogens is 5. The molecular formula is C48H53FN12O6. The van der Waals surface area contributed by atoms with Crippen molar-refractivity contribution in [1.82, 2.24) is 44.7 Å². The van der Waals surface area contributed by atoms with E-state index in [1.54, 1.807) is 16.8 Å². The van der Waals surface area contributed by atoms with Crippen LogP contribution in [0.2, 0.25) is 0 Å². The second-order valence-corrected chi connectivity index (χ2v) is 18.6. The van der Waals surface area contributed by atoms with E-state index in [1.807, 2.05) is 42.2 Å². The summed E-state index contributed by atoms with van der Waals surface area (Å²) in [5.74, 6) is -0.165. The van der Waals surface area contributed by atoms with E-state index in [0.717, 1.165) is 50.1 Å². The number of benzene rings is 2. The first-order valence-electron chi connectivity index (χ1n) is 23.3. The van der Waals surface area contributed by atoms with Crippen LogP contribution >= 0.6 is 0 Å². The van der Waals surface area contributed by atoms with E-state index in [9.17, 15) is 24.3 Å². The van der Waals surface area contributed by atoms with Crippen LogP contribution in [-0.4, -0.2) is 120 Å². The van der Waals surface area contributed by atoms with Gasteiger partial charge >= 0.3 is 0 Å². The monoisotopic (exact) mass is 912 g/mol. The van der Waals surface area contributed by atoms with Gasteiger partial charge in [0.05, 0.1) is 29.7 Å². The number of anilines is 4. The highest BCUT2D eigenvalue weighted by Gasteiger charge is 2.42. The summed E-state index contributed by atoms with van der Waals surface area (Å²) in [5, 5.41) is 24.6. The van der Waals surface area contributed by atoms with Gasteiger partial charge in [0, 0.05) is 81.3 Å². The Kier molecular flexibility index (Phi) is 10.8. The number of nitrogens with one attached hydrogen (secondary N) is 4. The molecule has 3 atom stereocenters. The molecule has 18 nitrogen and oxygen atoms in total. The predicted octanol–water partition coefficient (Wildman–Crippen LogP) is 3.47. The standard InChI is InChI=1S/C48H53FN12O6/c1-3-15-60-46(65)34-22-51-47(56-43(34)61(60)40-9-5-27-11-14-48(66,4-2)42(27)54-40)53-30-6-7-36-39(19-30)67-26-31(52-36)21-50-29-12-16-57(17-13-29)32-24-58(25-32)38-18-28-23-59(45(64)33(28)20-35(38)49)37-8-10-41(62)55-44(37)63/h3,5-7,9,18-20,22,29,31-32,37,50,52,66H,1,4,8,10-17,21,23-26H2,2H3,(H,51,53,56)(H,55,62,63)/t31-,37?,48+/m0/s1. The molecule has 348 valence electrons. The quantitative estimate of drug-likeness (QED) is 0.0900. The van der Waals surface area contributed by atoms with Crippen molar-refractivity contribution in [2.45, 2.75) is 94.7 Å². The van der Waals surface area contributed by atoms with Gasteiger partial charge in [0.25, 0.3) is 11.5 Å². The molecule has 19 heteroatoms. The van der Waals surface area contributed by atoms with Crippen molar-refractivity contribution in [3.63, 3.8) is 0 Å². The molecule has 11 rings (SSSR count). The molecule has 1 unspecified atom stereocenters. The minimum atomic E-state index is -1.02. The molecule has 5 aliphatic heterocycles. The van der Waals surface area contributed by atoms with Crippen LogP contribution < -0.4 is 36.5 Å². The summed E-state index contributed by atoms with van der Waals surface area (Å²) in [7, 11) is 0. The van der Waals surface area contributed by atoms with Gasteiger partial charge in [0.15, 0.2) is 11.5 Å². The number of pyridine rings is 1. The summed E-state index contributed by atoms with van der Waals surface area (Å²) >= 11 is 0. The first kappa shape index (κ1) is 42.9. The van der Waals surface area contributed by atoms with Gasteiger partial charge in [0.2, 0.25) is 17.8 Å². The first-order valence-corrected chi connectivity index (χ1v) is 23.3. The molecule has 0 saturated carbocycles. The molecular weight excluding hydrogens is 860 g/mol. The van der Waals surface area contributed by atoms with Gasteiger partial charge in [-0.1, -0.05) is 19.1 Å². The van der Waals surface area contributed by atoms with Gasteiger partial charge in [-0.3, -0.25) is 29.4 Å². The van der Waals surface area contributed by atoms with Crippen molar-refractivity contribution in [2.75, 3.05) is 54.9 Å². The number of hydrogen-bond donors (Lipinski definition) is 5. The summed E-state index contributed by atoms with van der Waals surface area (Å²) in [4.78, 5) is 70.9. The number of allylic oxidation sites excluding steroid dienone is 1. The number of carbonyl (C=O) groups excluding carboxylic acids is 3. The van der Waals surface area contributed by atoms with Crippen molar-refractivity contribution in [3.8, 4) is 11.6 Å². The Morgan fingerprint density at radius 2 is 1.87 bits per heavy atom. The van der Waals surface area contributed by atoms with E-state index in [2.05, 4.69) is 37.7 Å². The smallest absolute Gasteiger partial charge is 0.278 e. The Morgan fingerprint density at radius 1 is 1.03 bits per heavy atom. The van der Waals surface area contributed by atoms with E-state index >= 15 is 4.39 Å². The predicted molar refractivity (Wildman–Crippen MR) is 247 cm³/mol. The fourth-order valence-corrected chi connectivity index (χ4v) is 10.6. The molecule has 0 bridgehead atoms. The van der Waals surface area contributed by atoms with Gasteiger partial charge in [-0.05, 0) is 80.0 Å². The Balaban J connectivity index is 0.672. The van der Waals surface area contributed by atoms with Crippen LogP contribution in [-0.2, 0) is 34.7 Å². The van der Waals surface area contributed by atoms with Crippen LogP contribution in [0.5, 0.6) is 5.75 Å². The van der Waals surface area contributed by atoms with E-state index in [-0.39, 0.29) is 54.9 Å². The van der Waals surface area contributed by atoms with Crippen LogP contribution in [0, 0.1) is 5.82 Å². The van der Waals surface area contributed by atoms with Gasteiger partial charge in [-0.15, -0.1) is 6.58 Å². The fourth-order valence-electron chi connectivity index (χ4n) is 10.6. The third-order valence-electron chi connectivity index (χ3n) is 14.5. The van der Waals surface area contributed by atoms with Gasteiger partial charge < -0.3 is 35.6 Å². The average Bonchev–Trinajstić information content (AvgIpc) is 3.92. The fraction of sp³-hybridized carbons (Fsp3) is 0.438. The zero-order valence-corrected chi connectivity index (χ0v) is 37.3. The zero-order chi connectivity index (χ0) is 46.1. The van der Waals surface area contributed by atoms with Crippen LogP contribution in [0.4, 0.5) is 27.4 Å². The molecule has 2 aromatic carbocycles. The number of rotatable bonds is 12. The maximum atomic E-state index is 15.4. The molecule has 0 spiro atoms. The highest BCUT2D eigenvalue weighted by molar-refractivity contribution is 6.05. The van der Waals surface area contributed by atoms with Crippen LogP contribution in [0.3, 0.4) is 0 Å². The van der Waals surface area contributed by atoms with E-state index in [0.29, 0.717) is 95.8 Å². The lowest BCUT2D eigenvalue weighted by molar-refractivity contribution is -0.136. The zero-order valence-electron chi connectivity index (χ0n) is 37.3. The number of piperidine rings is 2. The van der Waals surface area contributed by atoms with Crippen molar-refractivity contribution in [2.24, 2.45) is 0 Å². The number of carbonyl (C=O) groups is 3. The lowest BCUT2D eigenvalue weighted by Gasteiger charge is -2.49. The number of likely N-dealkylation sites (tertiary alicyclic amines) is 1. The highest BCUT2D eigenvalue weighted by Crippen LogP contribution is 2.39. The molecule has 3 aromatic heterocycles. The molecule has 5 aromatic rings. The number of halogens is 1. The summed E-state index contributed by atoms with van der Waals surface area (Å²) in [5.41, 5.74) is 3.80. The number of aryl methyl sites for hydroxylation is 1. The van der Waals surface area contributed by atoms with E-state index < -0.39 is 23.4 Å². The summed E-state index contributed by atoms with van der Waals surface area (Å²) in [6, 6.07) is 12.7. The molecule has 3 saturated heterocycles. The summed E-state index contributed by atoms with van der Waals surface area (Å²) in [6.45, 7) is 10.7. The van der Waals surface area contributed by atoms with Crippen LogP contribution in [0.1, 0.15) is 72.6 Å². The van der Waals surface area contributed by atoms with Gasteiger partial charge in [0.1, 0.15) is 35.2 Å². The van der Waals surface area contributed by atoms with Crippen molar-refractivity contribution in [1.29, 1.82) is 0 Å². The number of hydrogen-bond acceptors (Lipinski definition) is 14. The second-order valence-electron chi connectivity index (χ2n) is 18.6. The highest BCUT2D eigenvalue weighted by atomic mass is 19.1. The molecule has 3 amide bonds. The molecule has 8 heterocycles. The van der Waals surface area contributed by atoms with Crippen molar-refractivity contribution >= 4 is 51.8 Å². The van der Waals surface area contributed by atoms with Gasteiger partial charge in [-0.25, -0.2) is 23.7 Å². The first-order chi connectivity index (χ1) is 32.5. The molecule has 5 N–H and O–H groups in total. The van der Waals surface area contributed by atoms with Crippen molar-refractivity contribution < 1.29 is 28.6 Å². The van der Waals surface area contributed by atoms with E-state index in [4.69, 9.17) is 14.7 Å². The molecule has 67 heavy (non-hydrogen) atoms. The number of ether oxygens (including phenoxy) is 1. The Bertz CT molecular complexity index is 2910. The Morgan fingerprint density at radius 3 is 2.66 bits per heavy atom. The third kappa shape index (κ3) is 7.67. The lowest BCUT2D eigenvalue weighted by atomic mass is 9.98. The molecule has 0 radical (unpaired) electrons. The average molecular weight is 913 g/mol. The molecule has 3 fully saturated rings. The van der Waals surface area contributed by atoms with Gasteiger partial charge in [-0.2, -0.15) is 4.98 Å². The third-order valence-corrected chi connectivity index (χ3v) is 14.5. The number of amides is 3. The Hall–Kier alpha value is -6.70. The number of aliphatic hydroxyl groups is 1. The van der Waals surface area contributed by atoms with Crippen LogP contribution in [0.25, 0.3) is 16.9 Å². The summed E-state index contributed by atoms with van der Waals surface area (Å²) in [6.07, 6.45) is 7.48. The van der Waals surface area contributed by atoms with Crippen LogP contribution in [0.15, 0.2) is 66.1 Å².